The van der Waals surface area contributed by atoms with Gasteiger partial charge in [-0.1, -0.05) is 18.5 Å². The minimum atomic E-state index is -4.37. The monoisotopic (exact) mass is 306 g/mol. The number of benzene rings is 1. The zero-order valence-corrected chi connectivity index (χ0v) is 12.3. The van der Waals surface area contributed by atoms with E-state index in [0.717, 1.165) is 19.0 Å². The lowest BCUT2D eigenvalue weighted by Crippen LogP contribution is -2.58. The van der Waals surface area contributed by atoms with Crippen molar-refractivity contribution in [2.75, 3.05) is 24.5 Å². The summed E-state index contributed by atoms with van der Waals surface area (Å²) in [6.45, 7) is 6.23. The van der Waals surface area contributed by atoms with E-state index >= 15 is 0 Å². The molecule has 1 N–H and O–H groups in total. The van der Waals surface area contributed by atoms with Gasteiger partial charge in [-0.05, 0) is 31.5 Å². The highest BCUT2D eigenvalue weighted by molar-refractivity contribution is 6.30. The summed E-state index contributed by atoms with van der Waals surface area (Å²) in [5, 5.41) is 3.52. The first-order valence-electron chi connectivity index (χ1n) is 6.61. The third kappa shape index (κ3) is 3.38. The molecule has 2 nitrogen and oxygen atoms in total. The van der Waals surface area contributed by atoms with E-state index in [-0.39, 0.29) is 10.6 Å². The van der Waals surface area contributed by atoms with Crippen LogP contribution in [0.3, 0.4) is 0 Å². The lowest BCUT2D eigenvalue weighted by atomic mass is 9.95. The molecular weight excluding hydrogens is 289 g/mol. The quantitative estimate of drug-likeness (QED) is 0.890. The Morgan fingerprint density at radius 1 is 1.35 bits per heavy atom. The van der Waals surface area contributed by atoms with Crippen LogP contribution in [-0.4, -0.2) is 25.2 Å². The van der Waals surface area contributed by atoms with Crippen LogP contribution in [-0.2, 0) is 6.18 Å². The van der Waals surface area contributed by atoms with Crippen LogP contribution in [0.15, 0.2) is 18.2 Å². The predicted molar refractivity (Wildman–Crippen MR) is 75.4 cm³/mol. The summed E-state index contributed by atoms with van der Waals surface area (Å²) >= 11 is 5.84. The smallest absolute Gasteiger partial charge is 0.368 e. The molecule has 2 rings (SSSR count). The summed E-state index contributed by atoms with van der Waals surface area (Å²) in [7, 11) is 0. The van der Waals surface area contributed by atoms with Crippen LogP contribution in [0.1, 0.15) is 25.8 Å². The molecule has 1 unspecified atom stereocenters. The average Bonchev–Trinajstić information content (AvgIpc) is 2.37. The molecule has 0 amide bonds. The molecule has 0 saturated carbocycles. The molecular formula is C14H18ClF3N2. The number of anilines is 1. The highest BCUT2D eigenvalue weighted by Gasteiger charge is 2.33. The molecule has 0 aliphatic carbocycles. The maximum absolute atomic E-state index is 12.8. The number of hydrogen-bond donors (Lipinski definition) is 1. The Labute approximate surface area is 121 Å². The average molecular weight is 307 g/mol. The Kier molecular flexibility index (Phi) is 4.21. The van der Waals surface area contributed by atoms with E-state index in [4.69, 9.17) is 11.6 Å². The van der Waals surface area contributed by atoms with Gasteiger partial charge in [-0.25, -0.2) is 0 Å². The zero-order chi connectivity index (χ0) is 15.0. The second-order valence-corrected chi connectivity index (χ2v) is 5.89. The van der Waals surface area contributed by atoms with Crippen LogP contribution in [0, 0.1) is 0 Å². The first-order valence-corrected chi connectivity index (χ1v) is 6.99. The van der Waals surface area contributed by atoms with Crippen molar-refractivity contribution in [1.82, 2.24) is 5.32 Å². The first-order chi connectivity index (χ1) is 9.23. The molecule has 1 atom stereocenters. The first kappa shape index (κ1) is 15.4. The molecule has 0 spiro atoms. The largest absolute Gasteiger partial charge is 0.416 e. The van der Waals surface area contributed by atoms with Crippen molar-refractivity contribution < 1.29 is 13.2 Å². The van der Waals surface area contributed by atoms with Crippen molar-refractivity contribution >= 4 is 17.3 Å². The Bertz CT molecular complexity index is 490. The second kappa shape index (κ2) is 5.45. The zero-order valence-electron chi connectivity index (χ0n) is 11.5. The minimum Gasteiger partial charge on any atom is -0.368 e. The molecule has 1 aliphatic heterocycles. The SMILES string of the molecule is CCC1(C)CN(c2cc(Cl)cc(C(F)(F)F)c2)CCN1. The summed E-state index contributed by atoms with van der Waals surface area (Å²) in [6.07, 6.45) is -3.46. The molecule has 1 fully saturated rings. The van der Waals surface area contributed by atoms with Crippen molar-refractivity contribution in [2.24, 2.45) is 0 Å². The van der Waals surface area contributed by atoms with E-state index in [1.807, 2.05) is 4.90 Å². The molecule has 6 heteroatoms. The normalized spacial score (nSPS) is 24.0. The van der Waals surface area contributed by atoms with Crippen molar-refractivity contribution in [3.63, 3.8) is 0 Å². The minimum absolute atomic E-state index is 0.0844. The Hall–Kier alpha value is -0.940. The van der Waals surface area contributed by atoms with E-state index < -0.39 is 11.7 Å². The molecule has 1 aliphatic rings. The number of halogens is 4. The van der Waals surface area contributed by atoms with Crippen molar-refractivity contribution in [2.45, 2.75) is 32.0 Å². The van der Waals surface area contributed by atoms with Gasteiger partial charge in [-0.3, -0.25) is 0 Å². The number of hydrogen-bond acceptors (Lipinski definition) is 2. The molecule has 20 heavy (non-hydrogen) atoms. The highest BCUT2D eigenvalue weighted by Crippen LogP contribution is 2.35. The maximum atomic E-state index is 12.8. The fourth-order valence-corrected chi connectivity index (χ4v) is 2.66. The van der Waals surface area contributed by atoms with Crippen LogP contribution < -0.4 is 10.2 Å². The van der Waals surface area contributed by atoms with Gasteiger partial charge in [-0.15, -0.1) is 0 Å². The van der Waals surface area contributed by atoms with Gasteiger partial charge < -0.3 is 10.2 Å². The standard InChI is InChI=1S/C14H18ClF3N2/c1-3-13(2)9-20(5-4-19-13)12-7-10(14(16,17)18)6-11(15)8-12/h6-8,19H,3-5,9H2,1-2H3. The maximum Gasteiger partial charge on any atom is 0.416 e. The van der Waals surface area contributed by atoms with E-state index in [1.54, 1.807) is 6.07 Å². The third-order valence-electron chi connectivity index (χ3n) is 3.83. The lowest BCUT2D eigenvalue weighted by Gasteiger charge is -2.42. The molecule has 0 aromatic heterocycles. The summed E-state index contributed by atoms with van der Waals surface area (Å²) in [6, 6.07) is 3.73. The van der Waals surface area contributed by atoms with Gasteiger partial charge >= 0.3 is 6.18 Å². The lowest BCUT2D eigenvalue weighted by molar-refractivity contribution is -0.137. The Morgan fingerprint density at radius 3 is 2.65 bits per heavy atom. The van der Waals surface area contributed by atoms with E-state index in [1.165, 1.54) is 6.07 Å². The van der Waals surface area contributed by atoms with Crippen LogP contribution in [0.2, 0.25) is 5.02 Å². The number of nitrogens with one attached hydrogen (secondary N) is 1. The van der Waals surface area contributed by atoms with E-state index in [0.29, 0.717) is 18.8 Å². The van der Waals surface area contributed by atoms with Crippen LogP contribution in [0.25, 0.3) is 0 Å². The van der Waals surface area contributed by atoms with E-state index in [2.05, 4.69) is 19.2 Å². The van der Waals surface area contributed by atoms with Crippen LogP contribution in [0.5, 0.6) is 0 Å². The summed E-state index contributed by atoms with van der Waals surface area (Å²) in [5.41, 5.74) is -0.248. The number of piperazine rings is 1. The number of rotatable bonds is 2. The van der Waals surface area contributed by atoms with Gasteiger partial charge in [0, 0.05) is 35.9 Å². The predicted octanol–water partition coefficient (Wildman–Crippen LogP) is 3.94. The van der Waals surface area contributed by atoms with Gasteiger partial charge in [0.05, 0.1) is 5.56 Å². The molecule has 1 heterocycles. The molecule has 112 valence electrons. The summed E-state index contributed by atoms with van der Waals surface area (Å²) in [4.78, 5) is 1.96. The molecule has 1 aromatic carbocycles. The summed E-state index contributed by atoms with van der Waals surface area (Å²) in [5.74, 6) is 0. The van der Waals surface area contributed by atoms with Crippen molar-refractivity contribution in [1.29, 1.82) is 0 Å². The molecule has 0 radical (unpaired) electrons. The van der Waals surface area contributed by atoms with Crippen LogP contribution >= 0.6 is 11.6 Å². The van der Waals surface area contributed by atoms with Gasteiger partial charge in [-0.2, -0.15) is 13.2 Å². The topological polar surface area (TPSA) is 15.3 Å². The fourth-order valence-electron chi connectivity index (χ4n) is 2.43. The molecule has 1 aromatic rings. The van der Waals surface area contributed by atoms with Crippen molar-refractivity contribution in [3.05, 3.63) is 28.8 Å². The summed E-state index contributed by atoms with van der Waals surface area (Å²) < 4.78 is 38.5. The van der Waals surface area contributed by atoms with Gasteiger partial charge in [0.2, 0.25) is 0 Å². The third-order valence-corrected chi connectivity index (χ3v) is 4.05. The van der Waals surface area contributed by atoms with E-state index in [9.17, 15) is 13.2 Å². The van der Waals surface area contributed by atoms with Gasteiger partial charge in [0.15, 0.2) is 0 Å². The van der Waals surface area contributed by atoms with Crippen molar-refractivity contribution in [3.8, 4) is 0 Å². The highest BCUT2D eigenvalue weighted by atomic mass is 35.5. The fraction of sp³-hybridized carbons (Fsp3) is 0.571. The van der Waals surface area contributed by atoms with Crippen LogP contribution in [0.4, 0.5) is 18.9 Å². The number of alkyl halides is 3. The number of nitrogens with zero attached hydrogens (tertiary/aromatic N) is 1. The van der Waals surface area contributed by atoms with Gasteiger partial charge in [0.1, 0.15) is 0 Å². The molecule has 1 saturated heterocycles. The Balaban J connectivity index is 2.31. The second-order valence-electron chi connectivity index (χ2n) is 5.46. The van der Waals surface area contributed by atoms with Gasteiger partial charge in [0.25, 0.3) is 0 Å². The Morgan fingerprint density at radius 2 is 2.05 bits per heavy atom. The molecule has 0 bridgehead atoms.